The van der Waals surface area contributed by atoms with Crippen LogP contribution in [-0.4, -0.2) is 41.8 Å². The highest BCUT2D eigenvalue weighted by molar-refractivity contribution is 5.80. The van der Waals surface area contributed by atoms with E-state index in [1.54, 1.807) is 0 Å². The molecule has 1 unspecified atom stereocenters. The van der Waals surface area contributed by atoms with Crippen LogP contribution in [0.5, 0.6) is 0 Å². The molecule has 2 aromatic carbocycles. The highest BCUT2D eigenvalue weighted by atomic mass is 16.5. The van der Waals surface area contributed by atoms with Gasteiger partial charge in [0.1, 0.15) is 6.61 Å². The molecule has 7 heteroatoms. The van der Waals surface area contributed by atoms with Crippen LogP contribution in [0, 0.1) is 5.92 Å². The van der Waals surface area contributed by atoms with Gasteiger partial charge in [0.25, 0.3) is 0 Å². The van der Waals surface area contributed by atoms with E-state index in [2.05, 4.69) is 34.9 Å². The molecule has 0 heterocycles. The van der Waals surface area contributed by atoms with Crippen LogP contribution in [0.3, 0.4) is 0 Å². The summed E-state index contributed by atoms with van der Waals surface area (Å²) in [6, 6.07) is 15.4. The zero-order chi connectivity index (χ0) is 24.7. The number of rotatable bonds is 11. The predicted octanol–water partition coefficient (Wildman–Crippen LogP) is 4.70. The molecule has 182 valence electrons. The van der Waals surface area contributed by atoms with Crippen molar-refractivity contribution in [1.29, 1.82) is 0 Å². The summed E-state index contributed by atoms with van der Waals surface area (Å²) in [7, 11) is 0. The topological polar surface area (TPSA) is 105 Å². The van der Waals surface area contributed by atoms with Crippen LogP contribution in [-0.2, 0) is 14.3 Å². The number of nitrogens with one attached hydrogen (secondary N) is 2. The highest BCUT2D eigenvalue weighted by Crippen LogP contribution is 2.44. The third-order valence-electron chi connectivity index (χ3n) is 6.28. The Morgan fingerprint density at radius 1 is 0.941 bits per heavy atom. The Morgan fingerprint density at radius 3 is 2.06 bits per heavy atom. The standard InChI is InChI=1S/C27H34N2O5/c1-4-9-18(14-26(31)32)28-25(30)15-24(17(2)3)29-27(33)34-16-23-21-12-7-5-10-19(21)20-11-6-8-13-22(20)23/h5-8,10-13,17-18,23-24H,4,9,14-16H2,1-3H3,(H,28,30)(H,29,33)(H,31,32)/t18?,24-/m1/s1. The molecule has 0 radical (unpaired) electrons. The smallest absolute Gasteiger partial charge is 0.407 e. The average Bonchev–Trinajstić information content (AvgIpc) is 3.10. The molecule has 0 aromatic heterocycles. The third-order valence-corrected chi connectivity index (χ3v) is 6.28. The fourth-order valence-corrected chi connectivity index (χ4v) is 4.52. The second kappa shape index (κ2) is 11.7. The molecule has 2 atom stereocenters. The maximum atomic E-state index is 12.6. The van der Waals surface area contributed by atoms with E-state index in [1.165, 1.54) is 0 Å². The molecule has 0 spiro atoms. The van der Waals surface area contributed by atoms with Crippen molar-refractivity contribution in [2.24, 2.45) is 5.92 Å². The van der Waals surface area contributed by atoms with Gasteiger partial charge >= 0.3 is 12.1 Å². The fourth-order valence-electron chi connectivity index (χ4n) is 4.52. The Kier molecular flexibility index (Phi) is 8.68. The first kappa shape index (κ1) is 25.3. The molecule has 3 rings (SSSR count). The lowest BCUT2D eigenvalue weighted by Crippen LogP contribution is -2.45. The number of benzene rings is 2. The Hall–Kier alpha value is -3.35. The van der Waals surface area contributed by atoms with Gasteiger partial charge in [0.15, 0.2) is 0 Å². The zero-order valence-corrected chi connectivity index (χ0v) is 20.0. The number of carboxylic acids is 1. The van der Waals surface area contributed by atoms with Gasteiger partial charge in [0.05, 0.1) is 6.42 Å². The Labute approximate surface area is 200 Å². The highest BCUT2D eigenvalue weighted by Gasteiger charge is 2.29. The number of alkyl carbamates (subject to hydrolysis) is 1. The van der Waals surface area contributed by atoms with E-state index >= 15 is 0 Å². The van der Waals surface area contributed by atoms with E-state index in [0.29, 0.717) is 6.42 Å². The molecule has 0 aliphatic heterocycles. The molecule has 2 aromatic rings. The molecule has 3 N–H and O–H groups in total. The maximum absolute atomic E-state index is 12.6. The molecule has 1 aliphatic rings. The van der Waals surface area contributed by atoms with E-state index in [4.69, 9.17) is 9.84 Å². The first-order chi connectivity index (χ1) is 16.3. The molecule has 2 amide bonds. The number of fused-ring (bicyclic) bond motifs is 3. The van der Waals surface area contributed by atoms with Gasteiger partial charge in [-0.2, -0.15) is 0 Å². The molecule has 0 saturated carbocycles. The van der Waals surface area contributed by atoms with Crippen molar-refractivity contribution in [2.45, 2.75) is 64.5 Å². The van der Waals surface area contributed by atoms with E-state index in [9.17, 15) is 14.4 Å². The number of carboxylic acid groups (broad SMARTS) is 1. The molecule has 0 saturated heterocycles. The van der Waals surface area contributed by atoms with E-state index in [-0.39, 0.29) is 37.2 Å². The minimum absolute atomic E-state index is 0.00432. The minimum Gasteiger partial charge on any atom is -0.481 e. The van der Waals surface area contributed by atoms with Gasteiger partial charge in [-0.3, -0.25) is 9.59 Å². The number of hydrogen-bond acceptors (Lipinski definition) is 4. The summed E-state index contributed by atoms with van der Waals surface area (Å²) in [6.45, 7) is 5.98. The summed E-state index contributed by atoms with van der Waals surface area (Å²) in [5.74, 6) is -1.27. The summed E-state index contributed by atoms with van der Waals surface area (Å²) in [5.41, 5.74) is 4.59. The van der Waals surface area contributed by atoms with Crippen molar-refractivity contribution in [3.8, 4) is 11.1 Å². The summed E-state index contributed by atoms with van der Waals surface area (Å²) in [4.78, 5) is 36.3. The van der Waals surface area contributed by atoms with Gasteiger partial charge in [-0.15, -0.1) is 0 Å². The van der Waals surface area contributed by atoms with Crippen LogP contribution in [0.15, 0.2) is 48.5 Å². The maximum Gasteiger partial charge on any atom is 0.407 e. The van der Waals surface area contributed by atoms with Crippen LogP contribution >= 0.6 is 0 Å². The molecule has 7 nitrogen and oxygen atoms in total. The van der Waals surface area contributed by atoms with Gasteiger partial charge in [0, 0.05) is 24.4 Å². The van der Waals surface area contributed by atoms with Crippen LogP contribution in [0.1, 0.15) is 63.5 Å². The SMILES string of the molecule is CCCC(CC(=O)O)NC(=O)C[C@@H](NC(=O)OCC1c2ccccc2-c2ccccc21)C(C)C. The van der Waals surface area contributed by atoms with Gasteiger partial charge in [-0.05, 0) is 34.6 Å². The zero-order valence-electron chi connectivity index (χ0n) is 20.0. The monoisotopic (exact) mass is 466 g/mol. The molecule has 1 aliphatic carbocycles. The number of aliphatic carboxylic acids is 1. The molecule has 34 heavy (non-hydrogen) atoms. The lowest BCUT2D eigenvalue weighted by Gasteiger charge is -2.24. The van der Waals surface area contributed by atoms with Crippen molar-refractivity contribution < 1.29 is 24.2 Å². The largest absolute Gasteiger partial charge is 0.481 e. The Morgan fingerprint density at radius 2 is 1.53 bits per heavy atom. The molecule has 0 fully saturated rings. The first-order valence-electron chi connectivity index (χ1n) is 11.9. The normalized spacial score (nSPS) is 14.1. The van der Waals surface area contributed by atoms with E-state index < -0.39 is 24.1 Å². The van der Waals surface area contributed by atoms with Crippen LogP contribution < -0.4 is 10.6 Å². The van der Waals surface area contributed by atoms with E-state index in [0.717, 1.165) is 28.7 Å². The van der Waals surface area contributed by atoms with Gasteiger partial charge in [0.2, 0.25) is 5.91 Å². The number of ether oxygens (including phenoxy) is 1. The molecular weight excluding hydrogens is 432 g/mol. The van der Waals surface area contributed by atoms with Crippen LogP contribution in [0.25, 0.3) is 11.1 Å². The van der Waals surface area contributed by atoms with Crippen molar-refractivity contribution in [3.63, 3.8) is 0 Å². The van der Waals surface area contributed by atoms with Crippen molar-refractivity contribution in [1.82, 2.24) is 10.6 Å². The summed E-state index contributed by atoms with van der Waals surface area (Å²) >= 11 is 0. The Bertz CT molecular complexity index is 974. The second-order valence-electron chi connectivity index (χ2n) is 9.18. The van der Waals surface area contributed by atoms with Gasteiger partial charge < -0.3 is 20.5 Å². The lowest BCUT2D eigenvalue weighted by molar-refractivity contribution is -0.137. The number of carbonyl (C=O) groups is 3. The molecular formula is C27H34N2O5. The number of carbonyl (C=O) groups excluding carboxylic acids is 2. The third kappa shape index (κ3) is 6.37. The quantitative estimate of drug-likeness (QED) is 0.445. The van der Waals surface area contributed by atoms with Crippen molar-refractivity contribution in [3.05, 3.63) is 59.7 Å². The van der Waals surface area contributed by atoms with Crippen molar-refractivity contribution in [2.75, 3.05) is 6.61 Å². The van der Waals surface area contributed by atoms with E-state index in [1.807, 2.05) is 45.0 Å². The summed E-state index contributed by atoms with van der Waals surface area (Å²) in [5, 5.41) is 14.7. The van der Waals surface area contributed by atoms with Crippen LogP contribution in [0.4, 0.5) is 4.79 Å². The lowest BCUT2D eigenvalue weighted by atomic mass is 9.98. The second-order valence-corrected chi connectivity index (χ2v) is 9.18. The number of amides is 2. The van der Waals surface area contributed by atoms with Gasteiger partial charge in [-0.25, -0.2) is 4.79 Å². The van der Waals surface area contributed by atoms with Crippen molar-refractivity contribution >= 4 is 18.0 Å². The Balaban J connectivity index is 1.58. The van der Waals surface area contributed by atoms with Crippen LogP contribution in [0.2, 0.25) is 0 Å². The average molecular weight is 467 g/mol. The summed E-state index contributed by atoms with van der Waals surface area (Å²) < 4.78 is 5.61. The fraction of sp³-hybridized carbons (Fsp3) is 0.444. The molecule has 0 bridgehead atoms. The summed E-state index contributed by atoms with van der Waals surface area (Å²) in [6.07, 6.45) is 0.727. The van der Waals surface area contributed by atoms with Gasteiger partial charge in [-0.1, -0.05) is 75.7 Å². The minimum atomic E-state index is -0.948. The number of hydrogen-bond donors (Lipinski definition) is 3. The first-order valence-corrected chi connectivity index (χ1v) is 11.9. The predicted molar refractivity (Wildman–Crippen MR) is 131 cm³/mol.